The fourth-order valence-electron chi connectivity index (χ4n) is 2.43. The lowest BCUT2D eigenvalue weighted by atomic mass is 10.0. The number of carbonyl (C=O) groups excluding carboxylic acids is 1. The topological polar surface area (TPSA) is 82.2 Å². The lowest BCUT2D eigenvalue weighted by Crippen LogP contribution is -2.41. The van der Waals surface area contributed by atoms with E-state index < -0.39 is 17.9 Å². The first-order chi connectivity index (χ1) is 10.3. The molecule has 6 heteroatoms. The number of hydrogen-bond donors (Lipinski definition) is 3. The van der Waals surface area contributed by atoms with E-state index >= 15 is 0 Å². The normalized spacial score (nSPS) is 12.6. The zero-order valence-corrected chi connectivity index (χ0v) is 12.7. The lowest BCUT2D eigenvalue weighted by Gasteiger charge is -2.15. The molecule has 0 bridgehead atoms. The summed E-state index contributed by atoms with van der Waals surface area (Å²) in [6, 6.07) is 3.35. The van der Waals surface area contributed by atoms with E-state index in [1.165, 1.54) is 12.1 Å². The number of carboxylic acids is 1. The van der Waals surface area contributed by atoms with E-state index in [2.05, 4.69) is 10.3 Å². The number of aryl methyl sites for hydroxylation is 1. The number of halogens is 1. The summed E-state index contributed by atoms with van der Waals surface area (Å²) in [6.45, 7) is 5.52. The van der Waals surface area contributed by atoms with Crippen molar-refractivity contribution in [1.82, 2.24) is 10.3 Å². The molecular weight excluding hydrogens is 287 g/mol. The highest BCUT2D eigenvalue weighted by Gasteiger charge is 2.22. The van der Waals surface area contributed by atoms with E-state index in [0.29, 0.717) is 17.5 Å². The van der Waals surface area contributed by atoms with Crippen molar-refractivity contribution in [2.75, 3.05) is 0 Å². The number of aromatic amines is 1. The van der Waals surface area contributed by atoms with Gasteiger partial charge in [0.05, 0.1) is 0 Å². The van der Waals surface area contributed by atoms with E-state index in [-0.39, 0.29) is 17.4 Å². The number of carbonyl (C=O) groups is 2. The molecule has 1 unspecified atom stereocenters. The molecule has 0 spiro atoms. The summed E-state index contributed by atoms with van der Waals surface area (Å²) in [4.78, 5) is 26.2. The number of rotatable bonds is 5. The van der Waals surface area contributed by atoms with Crippen LogP contribution in [0.1, 0.15) is 36.3 Å². The minimum Gasteiger partial charge on any atom is -0.480 e. The van der Waals surface area contributed by atoms with Crippen LogP contribution >= 0.6 is 0 Å². The van der Waals surface area contributed by atoms with Crippen LogP contribution in [0.25, 0.3) is 10.9 Å². The van der Waals surface area contributed by atoms with E-state index in [0.717, 1.165) is 5.39 Å². The lowest BCUT2D eigenvalue weighted by molar-refractivity contribution is -0.139. The van der Waals surface area contributed by atoms with Crippen LogP contribution in [-0.2, 0) is 4.79 Å². The largest absolute Gasteiger partial charge is 0.480 e. The van der Waals surface area contributed by atoms with Crippen molar-refractivity contribution in [3.05, 3.63) is 35.3 Å². The van der Waals surface area contributed by atoms with Gasteiger partial charge < -0.3 is 15.4 Å². The summed E-state index contributed by atoms with van der Waals surface area (Å²) < 4.78 is 13.4. The summed E-state index contributed by atoms with van der Waals surface area (Å²) in [6.07, 6.45) is 0.342. The van der Waals surface area contributed by atoms with Crippen molar-refractivity contribution in [2.45, 2.75) is 33.2 Å². The maximum absolute atomic E-state index is 13.4. The SMILES string of the molecule is Cc1cc(F)cc2[nH]c(C(=O)NC(CC(C)C)C(=O)O)cc12. The van der Waals surface area contributed by atoms with Crippen molar-refractivity contribution in [2.24, 2.45) is 5.92 Å². The second-order valence-corrected chi connectivity index (χ2v) is 5.86. The molecule has 1 aromatic carbocycles. The molecule has 3 N–H and O–H groups in total. The van der Waals surface area contributed by atoms with Crippen LogP contribution in [0.5, 0.6) is 0 Å². The van der Waals surface area contributed by atoms with Crippen molar-refractivity contribution < 1.29 is 19.1 Å². The number of hydrogen-bond acceptors (Lipinski definition) is 2. The van der Waals surface area contributed by atoms with Gasteiger partial charge in [-0.25, -0.2) is 9.18 Å². The molecule has 5 nitrogen and oxygen atoms in total. The van der Waals surface area contributed by atoms with E-state index in [4.69, 9.17) is 5.11 Å². The van der Waals surface area contributed by atoms with Crippen LogP contribution in [0, 0.1) is 18.7 Å². The van der Waals surface area contributed by atoms with Gasteiger partial charge in [0.15, 0.2) is 0 Å². The average Bonchev–Trinajstić information content (AvgIpc) is 2.81. The number of fused-ring (bicyclic) bond motifs is 1. The summed E-state index contributed by atoms with van der Waals surface area (Å²) in [7, 11) is 0. The quantitative estimate of drug-likeness (QED) is 0.794. The van der Waals surface area contributed by atoms with E-state index in [1.54, 1.807) is 13.0 Å². The third-order valence-electron chi connectivity index (χ3n) is 3.46. The number of amides is 1. The number of benzene rings is 1. The molecule has 0 fully saturated rings. The fraction of sp³-hybridized carbons (Fsp3) is 0.375. The standard InChI is InChI=1S/C16H19FN2O3/c1-8(2)4-14(16(21)22)19-15(20)13-7-11-9(3)5-10(17)6-12(11)18-13/h5-8,14,18H,4H2,1-3H3,(H,19,20)(H,21,22). The minimum absolute atomic E-state index is 0.139. The highest BCUT2D eigenvalue weighted by molar-refractivity contribution is 6.00. The van der Waals surface area contributed by atoms with Crippen LogP contribution in [0.3, 0.4) is 0 Å². The highest BCUT2D eigenvalue weighted by atomic mass is 19.1. The van der Waals surface area contributed by atoms with Crippen LogP contribution in [0.2, 0.25) is 0 Å². The van der Waals surface area contributed by atoms with Gasteiger partial charge in [0.25, 0.3) is 5.91 Å². The molecule has 0 saturated carbocycles. The second-order valence-electron chi connectivity index (χ2n) is 5.86. The van der Waals surface area contributed by atoms with Crippen LogP contribution in [0.4, 0.5) is 4.39 Å². The van der Waals surface area contributed by atoms with Crippen molar-refractivity contribution in [3.63, 3.8) is 0 Å². The zero-order chi connectivity index (χ0) is 16.4. The average molecular weight is 306 g/mol. The van der Waals surface area contributed by atoms with Crippen molar-refractivity contribution in [3.8, 4) is 0 Å². The van der Waals surface area contributed by atoms with E-state index in [1.807, 2.05) is 13.8 Å². The van der Waals surface area contributed by atoms with Gasteiger partial charge >= 0.3 is 5.97 Å². The molecule has 0 aliphatic rings. The van der Waals surface area contributed by atoms with Gasteiger partial charge in [0.1, 0.15) is 17.6 Å². The molecule has 1 amide bonds. The predicted molar refractivity (Wildman–Crippen MR) is 81.3 cm³/mol. The molecule has 2 rings (SSSR count). The Kier molecular flexibility index (Phi) is 4.49. The maximum atomic E-state index is 13.4. The number of nitrogens with one attached hydrogen (secondary N) is 2. The Morgan fingerprint density at radius 2 is 2.00 bits per heavy atom. The van der Waals surface area contributed by atoms with Gasteiger partial charge in [-0.15, -0.1) is 0 Å². The molecule has 118 valence electrons. The third-order valence-corrected chi connectivity index (χ3v) is 3.46. The molecular formula is C16H19FN2O3. The van der Waals surface area contributed by atoms with Crippen molar-refractivity contribution in [1.29, 1.82) is 0 Å². The number of carboxylic acid groups (broad SMARTS) is 1. The molecule has 1 heterocycles. The number of aromatic nitrogens is 1. The summed E-state index contributed by atoms with van der Waals surface area (Å²) in [5.41, 5.74) is 1.44. The van der Waals surface area contributed by atoms with Gasteiger partial charge in [-0.05, 0) is 43.0 Å². The molecule has 1 atom stereocenters. The van der Waals surface area contributed by atoms with Gasteiger partial charge in [0.2, 0.25) is 0 Å². The van der Waals surface area contributed by atoms with E-state index in [9.17, 15) is 14.0 Å². The monoisotopic (exact) mass is 306 g/mol. The molecule has 22 heavy (non-hydrogen) atoms. The second kappa shape index (κ2) is 6.17. The Morgan fingerprint density at radius 1 is 1.32 bits per heavy atom. The molecule has 0 aliphatic carbocycles. The third kappa shape index (κ3) is 3.44. The molecule has 0 saturated heterocycles. The number of H-pyrrole nitrogens is 1. The molecule has 0 radical (unpaired) electrons. The smallest absolute Gasteiger partial charge is 0.326 e. The molecule has 0 aliphatic heterocycles. The van der Waals surface area contributed by atoms with Crippen LogP contribution in [-0.4, -0.2) is 28.0 Å². The Balaban J connectivity index is 2.25. The Bertz CT molecular complexity index is 721. The van der Waals surface area contributed by atoms with Crippen LogP contribution < -0.4 is 5.32 Å². The molecule has 1 aromatic heterocycles. The summed E-state index contributed by atoms with van der Waals surface area (Å²) in [5, 5.41) is 12.4. The Morgan fingerprint density at radius 3 is 2.59 bits per heavy atom. The first kappa shape index (κ1) is 16.0. The van der Waals surface area contributed by atoms with Crippen molar-refractivity contribution >= 4 is 22.8 Å². The van der Waals surface area contributed by atoms with Crippen LogP contribution in [0.15, 0.2) is 18.2 Å². The van der Waals surface area contributed by atoms with Gasteiger partial charge in [-0.2, -0.15) is 0 Å². The number of aliphatic carboxylic acids is 1. The fourth-order valence-corrected chi connectivity index (χ4v) is 2.43. The van der Waals surface area contributed by atoms with Gasteiger partial charge in [-0.3, -0.25) is 4.79 Å². The Labute approximate surface area is 127 Å². The minimum atomic E-state index is -1.07. The first-order valence-electron chi connectivity index (χ1n) is 7.10. The summed E-state index contributed by atoms with van der Waals surface area (Å²) >= 11 is 0. The summed E-state index contributed by atoms with van der Waals surface area (Å²) in [5.74, 6) is -1.83. The predicted octanol–water partition coefficient (Wildman–Crippen LogP) is 2.84. The van der Waals surface area contributed by atoms with Gasteiger partial charge in [0, 0.05) is 10.9 Å². The van der Waals surface area contributed by atoms with Gasteiger partial charge in [-0.1, -0.05) is 13.8 Å². The Hall–Kier alpha value is -2.37. The highest BCUT2D eigenvalue weighted by Crippen LogP contribution is 2.21. The maximum Gasteiger partial charge on any atom is 0.326 e. The molecule has 2 aromatic rings. The first-order valence-corrected chi connectivity index (χ1v) is 7.10. The zero-order valence-electron chi connectivity index (χ0n) is 12.7.